The zero-order chi connectivity index (χ0) is 15.7. The molecular weight excluding hydrogens is 262 g/mol. The average Bonchev–Trinajstić information content (AvgIpc) is 2.50. The Kier molecular flexibility index (Phi) is 8.40. The van der Waals surface area contributed by atoms with Gasteiger partial charge in [0.25, 0.3) is 0 Å². The molecule has 3 nitrogen and oxygen atoms in total. The van der Waals surface area contributed by atoms with Crippen molar-refractivity contribution in [1.29, 1.82) is 0 Å². The molecule has 3 unspecified atom stereocenters. The molecule has 1 aromatic rings. The second kappa shape index (κ2) is 9.80. The zero-order valence-corrected chi connectivity index (χ0v) is 14.0. The van der Waals surface area contributed by atoms with Crippen LogP contribution in [0.15, 0.2) is 24.3 Å². The first-order valence-electron chi connectivity index (χ1n) is 8.13. The van der Waals surface area contributed by atoms with Crippen molar-refractivity contribution in [2.24, 2.45) is 11.7 Å². The first kappa shape index (κ1) is 18.0. The van der Waals surface area contributed by atoms with Crippen molar-refractivity contribution < 1.29 is 9.47 Å². The Morgan fingerprint density at radius 3 is 2.57 bits per heavy atom. The number of rotatable bonds is 10. The number of hydrogen-bond donors (Lipinski definition) is 1. The molecule has 0 radical (unpaired) electrons. The van der Waals surface area contributed by atoms with Crippen LogP contribution in [0.5, 0.6) is 5.75 Å². The van der Waals surface area contributed by atoms with E-state index in [4.69, 9.17) is 15.2 Å². The second-order valence-electron chi connectivity index (χ2n) is 5.81. The molecule has 3 heteroatoms. The summed E-state index contributed by atoms with van der Waals surface area (Å²) < 4.78 is 11.4. The van der Waals surface area contributed by atoms with Crippen LogP contribution in [0, 0.1) is 5.92 Å². The van der Waals surface area contributed by atoms with Gasteiger partial charge in [0.2, 0.25) is 0 Å². The molecule has 1 aromatic carbocycles. The fourth-order valence-corrected chi connectivity index (χ4v) is 2.51. The van der Waals surface area contributed by atoms with Crippen LogP contribution < -0.4 is 10.5 Å². The Balaban J connectivity index is 2.68. The van der Waals surface area contributed by atoms with Gasteiger partial charge in [-0.15, -0.1) is 0 Å². The van der Waals surface area contributed by atoms with Crippen molar-refractivity contribution in [2.45, 2.75) is 58.6 Å². The third-order valence-electron chi connectivity index (χ3n) is 3.95. The van der Waals surface area contributed by atoms with Gasteiger partial charge < -0.3 is 15.2 Å². The summed E-state index contributed by atoms with van der Waals surface area (Å²) in [6, 6.07) is 7.96. The highest BCUT2D eigenvalue weighted by Crippen LogP contribution is 2.26. The Hall–Kier alpha value is -1.06. The molecule has 0 heterocycles. The van der Waals surface area contributed by atoms with E-state index >= 15 is 0 Å². The maximum Gasteiger partial charge on any atom is 0.119 e. The van der Waals surface area contributed by atoms with Crippen molar-refractivity contribution in [3.05, 3.63) is 29.8 Å². The lowest BCUT2D eigenvalue weighted by Gasteiger charge is -2.25. The summed E-state index contributed by atoms with van der Waals surface area (Å²) in [6.07, 6.45) is 4.82. The predicted octanol–water partition coefficient (Wildman–Crippen LogP) is 4.32. The van der Waals surface area contributed by atoms with Gasteiger partial charge in [0, 0.05) is 6.04 Å². The molecule has 0 fully saturated rings. The summed E-state index contributed by atoms with van der Waals surface area (Å²) >= 11 is 0. The van der Waals surface area contributed by atoms with Crippen LogP contribution in [-0.2, 0) is 4.74 Å². The fraction of sp³-hybridized carbons (Fsp3) is 0.667. The smallest absolute Gasteiger partial charge is 0.119 e. The Labute approximate surface area is 129 Å². The zero-order valence-electron chi connectivity index (χ0n) is 14.0. The minimum absolute atomic E-state index is 0.0409. The van der Waals surface area contributed by atoms with Gasteiger partial charge in [-0.3, -0.25) is 0 Å². The van der Waals surface area contributed by atoms with Gasteiger partial charge in [-0.1, -0.05) is 45.2 Å². The molecule has 0 saturated heterocycles. The van der Waals surface area contributed by atoms with E-state index in [1.807, 2.05) is 25.1 Å². The van der Waals surface area contributed by atoms with Gasteiger partial charge >= 0.3 is 0 Å². The SMILES string of the molecule is CCCCC(CC)COC(c1cccc(OC)c1)C(C)N. The average molecular weight is 293 g/mol. The van der Waals surface area contributed by atoms with E-state index in [1.165, 1.54) is 19.3 Å². The highest BCUT2D eigenvalue weighted by molar-refractivity contribution is 5.30. The summed E-state index contributed by atoms with van der Waals surface area (Å²) in [6.45, 7) is 7.24. The number of ether oxygens (including phenoxy) is 2. The molecule has 1 rings (SSSR count). The first-order valence-corrected chi connectivity index (χ1v) is 8.13. The summed E-state index contributed by atoms with van der Waals surface area (Å²) in [5, 5.41) is 0. The van der Waals surface area contributed by atoms with Crippen molar-refractivity contribution in [3.8, 4) is 5.75 Å². The monoisotopic (exact) mass is 293 g/mol. The van der Waals surface area contributed by atoms with Crippen molar-refractivity contribution in [2.75, 3.05) is 13.7 Å². The van der Waals surface area contributed by atoms with Crippen molar-refractivity contribution >= 4 is 0 Å². The summed E-state index contributed by atoms with van der Waals surface area (Å²) in [5.41, 5.74) is 7.21. The van der Waals surface area contributed by atoms with Crippen LogP contribution in [0.1, 0.15) is 58.1 Å². The lowest BCUT2D eigenvalue weighted by molar-refractivity contribution is 0.0126. The van der Waals surface area contributed by atoms with E-state index in [0.717, 1.165) is 24.3 Å². The van der Waals surface area contributed by atoms with Crippen LogP contribution in [0.2, 0.25) is 0 Å². The number of methoxy groups -OCH3 is 1. The standard InChI is InChI=1S/C18H31NO2/c1-5-7-9-15(6-2)13-21-18(14(3)19)16-10-8-11-17(12-16)20-4/h8,10-12,14-15,18H,5-7,9,13,19H2,1-4H3. The topological polar surface area (TPSA) is 44.5 Å². The van der Waals surface area contributed by atoms with Crippen molar-refractivity contribution in [1.82, 2.24) is 0 Å². The van der Waals surface area contributed by atoms with E-state index in [2.05, 4.69) is 19.9 Å². The second-order valence-corrected chi connectivity index (χ2v) is 5.81. The lowest BCUT2D eigenvalue weighted by Crippen LogP contribution is -2.28. The van der Waals surface area contributed by atoms with Crippen LogP contribution in [0.25, 0.3) is 0 Å². The molecular formula is C18H31NO2. The Bertz CT molecular complexity index is 393. The molecule has 0 bridgehead atoms. The summed E-state index contributed by atoms with van der Waals surface area (Å²) in [5.74, 6) is 1.47. The number of benzene rings is 1. The summed E-state index contributed by atoms with van der Waals surface area (Å²) in [4.78, 5) is 0. The predicted molar refractivity (Wildman–Crippen MR) is 88.6 cm³/mol. The Morgan fingerprint density at radius 2 is 2.00 bits per heavy atom. The molecule has 0 amide bonds. The van der Waals surface area contributed by atoms with Crippen LogP contribution >= 0.6 is 0 Å². The normalized spacial score (nSPS) is 15.5. The van der Waals surface area contributed by atoms with Gasteiger partial charge in [-0.25, -0.2) is 0 Å². The first-order chi connectivity index (χ1) is 10.1. The minimum Gasteiger partial charge on any atom is -0.497 e. The quantitative estimate of drug-likeness (QED) is 0.699. The molecule has 0 spiro atoms. The van der Waals surface area contributed by atoms with Gasteiger partial charge in [0.1, 0.15) is 5.75 Å². The molecule has 3 atom stereocenters. The van der Waals surface area contributed by atoms with E-state index in [-0.39, 0.29) is 12.1 Å². The van der Waals surface area contributed by atoms with E-state index in [1.54, 1.807) is 7.11 Å². The van der Waals surface area contributed by atoms with E-state index in [0.29, 0.717) is 5.92 Å². The van der Waals surface area contributed by atoms with Crippen LogP contribution in [-0.4, -0.2) is 19.8 Å². The molecule has 0 aliphatic heterocycles. The lowest BCUT2D eigenvalue weighted by atomic mass is 9.99. The number of nitrogens with two attached hydrogens (primary N) is 1. The highest BCUT2D eigenvalue weighted by atomic mass is 16.5. The third-order valence-corrected chi connectivity index (χ3v) is 3.95. The highest BCUT2D eigenvalue weighted by Gasteiger charge is 2.19. The van der Waals surface area contributed by atoms with E-state index < -0.39 is 0 Å². The largest absolute Gasteiger partial charge is 0.497 e. The molecule has 0 aliphatic carbocycles. The van der Waals surface area contributed by atoms with Gasteiger partial charge in [-0.2, -0.15) is 0 Å². The van der Waals surface area contributed by atoms with Crippen molar-refractivity contribution in [3.63, 3.8) is 0 Å². The van der Waals surface area contributed by atoms with Crippen LogP contribution in [0.3, 0.4) is 0 Å². The fourth-order valence-electron chi connectivity index (χ4n) is 2.51. The molecule has 2 N–H and O–H groups in total. The maximum absolute atomic E-state index is 6.16. The molecule has 0 aromatic heterocycles. The van der Waals surface area contributed by atoms with Gasteiger partial charge in [-0.05, 0) is 37.0 Å². The number of hydrogen-bond acceptors (Lipinski definition) is 3. The number of unbranched alkanes of at least 4 members (excludes halogenated alkanes) is 1. The molecule has 0 saturated carbocycles. The van der Waals surface area contributed by atoms with Gasteiger partial charge in [0.05, 0.1) is 19.8 Å². The van der Waals surface area contributed by atoms with E-state index in [9.17, 15) is 0 Å². The molecule has 21 heavy (non-hydrogen) atoms. The maximum atomic E-state index is 6.16. The van der Waals surface area contributed by atoms with Crippen LogP contribution in [0.4, 0.5) is 0 Å². The Morgan fingerprint density at radius 1 is 1.24 bits per heavy atom. The van der Waals surface area contributed by atoms with Gasteiger partial charge in [0.15, 0.2) is 0 Å². The third kappa shape index (κ3) is 6.06. The summed E-state index contributed by atoms with van der Waals surface area (Å²) in [7, 11) is 1.68. The molecule has 0 aliphatic rings. The minimum atomic E-state index is -0.0734. The molecule has 120 valence electrons.